The van der Waals surface area contributed by atoms with Gasteiger partial charge in [0, 0.05) is 0 Å². The molecule has 0 atom stereocenters. The Morgan fingerprint density at radius 1 is 1.29 bits per heavy atom. The number of H-pyrrole nitrogens is 1. The highest BCUT2D eigenvalue weighted by molar-refractivity contribution is 5.87. The molecule has 1 aromatic carbocycles. The van der Waals surface area contributed by atoms with Crippen molar-refractivity contribution in [3.63, 3.8) is 0 Å². The lowest BCUT2D eigenvalue weighted by Crippen LogP contribution is -2.06. The molecule has 0 saturated carbocycles. The summed E-state index contributed by atoms with van der Waals surface area (Å²) < 4.78 is 0. The number of nitrogens with zero attached hydrogens (tertiary/aromatic N) is 1. The first-order valence-electron chi connectivity index (χ1n) is 3.95. The molecule has 2 aromatic rings. The van der Waals surface area contributed by atoms with Gasteiger partial charge in [0.15, 0.2) is 0 Å². The summed E-state index contributed by atoms with van der Waals surface area (Å²) in [6.07, 6.45) is 0. The van der Waals surface area contributed by atoms with Gasteiger partial charge in [-0.2, -0.15) is 0 Å². The molecular weight excluding hydrogens is 184 g/mol. The van der Waals surface area contributed by atoms with Crippen molar-refractivity contribution < 1.29 is 4.92 Å². The Bertz CT molecular complexity index is 559. The molecule has 0 radical (unpaired) electrons. The zero-order valence-electron chi connectivity index (χ0n) is 7.06. The van der Waals surface area contributed by atoms with Crippen molar-refractivity contribution in [3.05, 3.63) is 50.8 Å². The van der Waals surface area contributed by atoms with E-state index in [4.69, 9.17) is 0 Å². The second-order valence-electron chi connectivity index (χ2n) is 2.82. The number of fused-ring (bicyclic) bond motifs is 1. The Morgan fingerprint density at radius 3 is 2.71 bits per heavy atom. The monoisotopic (exact) mass is 190 g/mol. The van der Waals surface area contributed by atoms with Crippen LogP contribution in [0, 0.1) is 10.1 Å². The number of nitro groups is 1. The lowest BCUT2D eigenvalue weighted by molar-refractivity contribution is -0.383. The maximum absolute atomic E-state index is 11.0. The lowest BCUT2D eigenvalue weighted by Gasteiger charge is -1.97. The van der Waals surface area contributed by atoms with E-state index >= 15 is 0 Å². The van der Waals surface area contributed by atoms with Crippen LogP contribution >= 0.6 is 0 Å². The predicted molar refractivity (Wildman–Crippen MR) is 51.2 cm³/mol. The summed E-state index contributed by atoms with van der Waals surface area (Å²) in [5, 5.41) is 11.1. The van der Waals surface area contributed by atoms with Crippen LogP contribution in [0.15, 0.2) is 35.1 Å². The summed E-state index contributed by atoms with van der Waals surface area (Å²) in [6.45, 7) is 0. The minimum absolute atomic E-state index is 0.163. The molecule has 1 aromatic heterocycles. The van der Waals surface area contributed by atoms with Gasteiger partial charge in [-0.25, -0.2) is 0 Å². The van der Waals surface area contributed by atoms with Gasteiger partial charge in [-0.3, -0.25) is 14.9 Å². The van der Waals surface area contributed by atoms with E-state index in [-0.39, 0.29) is 5.69 Å². The molecule has 0 aliphatic rings. The molecule has 0 unspecified atom stereocenters. The fourth-order valence-electron chi connectivity index (χ4n) is 1.34. The topological polar surface area (TPSA) is 76.0 Å². The standard InChI is InChI=1S/C9H6N2O3/c12-9-5-8(11(13)14)6-3-1-2-4-7(6)10-9/h1-5H,(H,10,12). The SMILES string of the molecule is O=c1cc([N+](=O)[O-])c2ccccc2[nH]1. The number of pyridine rings is 1. The van der Waals surface area contributed by atoms with Gasteiger partial charge < -0.3 is 4.98 Å². The summed E-state index contributed by atoms with van der Waals surface area (Å²) in [5.74, 6) is 0. The van der Waals surface area contributed by atoms with E-state index in [1.807, 2.05) is 0 Å². The smallest absolute Gasteiger partial charge is 0.284 e. The third-order valence-corrected chi connectivity index (χ3v) is 1.93. The minimum atomic E-state index is -0.558. The second kappa shape index (κ2) is 2.95. The van der Waals surface area contributed by atoms with Crippen LogP contribution in [0.5, 0.6) is 0 Å². The Morgan fingerprint density at radius 2 is 2.00 bits per heavy atom. The van der Waals surface area contributed by atoms with Gasteiger partial charge in [0.1, 0.15) is 0 Å². The molecule has 2 rings (SSSR count). The van der Waals surface area contributed by atoms with Crippen LogP contribution in [0.3, 0.4) is 0 Å². The molecule has 0 amide bonds. The molecule has 0 spiro atoms. The number of nitrogens with one attached hydrogen (secondary N) is 1. The molecule has 0 aliphatic carbocycles. The highest BCUT2D eigenvalue weighted by Gasteiger charge is 2.12. The van der Waals surface area contributed by atoms with E-state index in [0.29, 0.717) is 10.9 Å². The van der Waals surface area contributed by atoms with E-state index in [1.54, 1.807) is 24.3 Å². The second-order valence-corrected chi connectivity index (χ2v) is 2.82. The fourth-order valence-corrected chi connectivity index (χ4v) is 1.34. The lowest BCUT2D eigenvalue weighted by atomic mass is 10.2. The summed E-state index contributed by atoms with van der Waals surface area (Å²) in [6, 6.07) is 7.62. The summed E-state index contributed by atoms with van der Waals surface area (Å²) in [7, 11) is 0. The van der Waals surface area contributed by atoms with E-state index in [1.165, 1.54) is 0 Å². The Labute approximate surface area is 78.1 Å². The van der Waals surface area contributed by atoms with Crippen LogP contribution in [0.4, 0.5) is 5.69 Å². The molecular formula is C9H6N2O3. The number of aromatic amines is 1. The van der Waals surface area contributed by atoms with Crippen LogP contribution in [-0.4, -0.2) is 9.91 Å². The van der Waals surface area contributed by atoms with Crippen molar-refractivity contribution in [2.75, 3.05) is 0 Å². The summed E-state index contributed by atoms with van der Waals surface area (Å²) in [5.41, 5.74) is -0.147. The zero-order chi connectivity index (χ0) is 10.1. The van der Waals surface area contributed by atoms with E-state index in [2.05, 4.69) is 4.98 Å². The van der Waals surface area contributed by atoms with Gasteiger partial charge in [-0.05, 0) is 12.1 Å². The number of para-hydroxylation sites is 1. The molecule has 5 heteroatoms. The number of aromatic nitrogens is 1. The van der Waals surface area contributed by atoms with E-state index < -0.39 is 10.5 Å². The van der Waals surface area contributed by atoms with Gasteiger partial charge in [-0.15, -0.1) is 0 Å². The first-order chi connectivity index (χ1) is 6.68. The number of hydrogen-bond donors (Lipinski definition) is 1. The van der Waals surface area contributed by atoms with Crippen LogP contribution < -0.4 is 5.56 Å². The van der Waals surface area contributed by atoms with Crippen molar-refractivity contribution in [1.29, 1.82) is 0 Å². The van der Waals surface area contributed by atoms with Crippen LogP contribution in [0.1, 0.15) is 0 Å². The first-order valence-corrected chi connectivity index (χ1v) is 3.95. The van der Waals surface area contributed by atoms with Crippen molar-refractivity contribution in [2.45, 2.75) is 0 Å². The zero-order valence-corrected chi connectivity index (χ0v) is 7.06. The third kappa shape index (κ3) is 1.24. The molecule has 0 saturated heterocycles. The number of benzene rings is 1. The number of hydrogen-bond acceptors (Lipinski definition) is 3. The average molecular weight is 190 g/mol. The van der Waals surface area contributed by atoms with E-state index in [9.17, 15) is 14.9 Å². The van der Waals surface area contributed by atoms with Gasteiger partial charge in [0.05, 0.1) is 21.9 Å². The van der Waals surface area contributed by atoms with Crippen molar-refractivity contribution in [3.8, 4) is 0 Å². The van der Waals surface area contributed by atoms with Gasteiger partial charge in [0.25, 0.3) is 11.2 Å². The van der Waals surface area contributed by atoms with Crippen LogP contribution in [-0.2, 0) is 0 Å². The molecule has 0 fully saturated rings. The molecule has 1 N–H and O–H groups in total. The van der Waals surface area contributed by atoms with Gasteiger partial charge in [-0.1, -0.05) is 12.1 Å². The van der Waals surface area contributed by atoms with Crippen molar-refractivity contribution in [1.82, 2.24) is 4.98 Å². The summed E-state index contributed by atoms with van der Waals surface area (Å²) in [4.78, 5) is 23.6. The molecule has 5 nitrogen and oxygen atoms in total. The quantitative estimate of drug-likeness (QED) is 0.546. The highest BCUT2D eigenvalue weighted by Crippen LogP contribution is 2.20. The van der Waals surface area contributed by atoms with Crippen molar-refractivity contribution in [2.24, 2.45) is 0 Å². The van der Waals surface area contributed by atoms with E-state index in [0.717, 1.165) is 6.07 Å². The van der Waals surface area contributed by atoms with Gasteiger partial charge >= 0.3 is 0 Å². The first kappa shape index (κ1) is 8.43. The third-order valence-electron chi connectivity index (χ3n) is 1.93. The maximum Gasteiger partial charge on any atom is 0.284 e. The number of rotatable bonds is 1. The maximum atomic E-state index is 11.0. The molecule has 0 aliphatic heterocycles. The minimum Gasteiger partial charge on any atom is -0.321 e. The average Bonchev–Trinajstić information content (AvgIpc) is 2.16. The normalized spacial score (nSPS) is 10.3. The Hall–Kier alpha value is -2.17. The molecule has 0 bridgehead atoms. The molecule has 14 heavy (non-hydrogen) atoms. The van der Waals surface area contributed by atoms with Crippen molar-refractivity contribution >= 4 is 16.6 Å². The largest absolute Gasteiger partial charge is 0.321 e. The Kier molecular flexibility index (Phi) is 1.78. The van der Waals surface area contributed by atoms with Crippen LogP contribution in [0.25, 0.3) is 10.9 Å². The molecule has 1 heterocycles. The predicted octanol–water partition coefficient (Wildman–Crippen LogP) is 1.44. The van der Waals surface area contributed by atoms with Crippen LogP contribution in [0.2, 0.25) is 0 Å². The highest BCUT2D eigenvalue weighted by atomic mass is 16.6. The summed E-state index contributed by atoms with van der Waals surface area (Å²) >= 11 is 0. The Balaban J connectivity index is 2.94. The fraction of sp³-hybridized carbons (Fsp3) is 0. The van der Waals surface area contributed by atoms with Gasteiger partial charge in [0.2, 0.25) is 0 Å². The molecule has 70 valence electrons.